The molecule has 6 heteroatoms. The number of hydrogen-bond donors (Lipinski definition) is 1. The Morgan fingerprint density at radius 1 is 0.933 bits per heavy atom. The zero-order chi connectivity index (χ0) is 21.1. The third kappa shape index (κ3) is 4.63. The van der Waals surface area contributed by atoms with Crippen molar-refractivity contribution in [1.29, 1.82) is 0 Å². The minimum atomic E-state index is -0.181. The molecule has 2 heterocycles. The van der Waals surface area contributed by atoms with Crippen molar-refractivity contribution >= 4 is 17.3 Å². The Morgan fingerprint density at radius 3 is 2.27 bits per heavy atom. The number of nitrogens with one attached hydrogen (secondary N) is 1. The van der Waals surface area contributed by atoms with E-state index < -0.39 is 0 Å². The van der Waals surface area contributed by atoms with Crippen LogP contribution in [0, 0.1) is 13.8 Å². The highest BCUT2D eigenvalue weighted by Crippen LogP contribution is 2.20. The molecule has 0 saturated carbocycles. The summed E-state index contributed by atoms with van der Waals surface area (Å²) in [5.74, 6) is 0. The van der Waals surface area contributed by atoms with Gasteiger partial charge in [0.25, 0.3) is 5.56 Å². The molecule has 0 atom stereocenters. The Kier molecular flexibility index (Phi) is 6.30. The molecule has 1 aliphatic rings. The number of hydrogen-bond acceptors (Lipinski definition) is 3. The van der Waals surface area contributed by atoms with Gasteiger partial charge in [-0.1, -0.05) is 35.9 Å². The van der Waals surface area contributed by atoms with Crippen molar-refractivity contribution < 1.29 is 0 Å². The highest BCUT2D eigenvalue weighted by molar-refractivity contribution is 6.31. The summed E-state index contributed by atoms with van der Waals surface area (Å²) in [6.45, 7) is 9.54. The fourth-order valence-corrected chi connectivity index (χ4v) is 4.45. The second kappa shape index (κ2) is 9.11. The van der Waals surface area contributed by atoms with Gasteiger partial charge in [0.05, 0.1) is 11.4 Å². The van der Waals surface area contributed by atoms with E-state index >= 15 is 0 Å². The lowest BCUT2D eigenvalue weighted by atomic mass is 10.1. The first kappa shape index (κ1) is 20.8. The van der Waals surface area contributed by atoms with Gasteiger partial charge in [0.2, 0.25) is 0 Å². The highest BCUT2D eigenvalue weighted by atomic mass is 35.5. The number of para-hydroxylation sites is 1. The van der Waals surface area contributed by atoms with Gasteiger partial charge in [-0.05, 0) is 68.6 Å². The maximum atomic E-state index is 12.5. The number of aromatic amines is 1. The van der Waals surface area contributed by atoms with Crippen LogP contribution < -0.4 is 10.5 Å². The second-order valence-electron chi connectivity index (χ2n) is 8.16. The van der Waals surface area contributed by atoms with Gasteiger partial charge in [0.1, 0.15) is 5.02 Å². The maximum Gasteiger partial charge on any atom is 0.290 e. The van der Waals surface area contributed by atoms with Gasteiger partial charge in [-0.3, -0.25) is 14.8 Å². The second-order valence-corrected chi connectivity index (χ2v) is 8.54. The minimum Gasteiger partial charge on any atom is -0.369 e. The monoisotopic (exact) mass is 424 g/mol. The lowest BCUT2D eigenvalue weighted by Gasteiger charge is -2.36. The predicted octanol–water partition coefficient (Wildman–Crippen LogP) is 4.19. The molecule has 1 fully saturated rings. The van der Waals surface area contributed by atoms with Crippen molar-refractivity contribution in [3.63, 3.8) is 0 Å². The molecule has 0 spiro atoms. The molecule has 4 rings (SSSR count). The number of aromatic nitrogens is 2. The SMILES string of the molecule is Cc1cc(C)cc(N2CCN(CCCc3[nH]n(-c4ccccc4)c(=O)c3Cl)CC2)c1. The molecule has 0 radical (unpaired) electrons. The van der Waals surface area contributed by atoms with E-state index in [1.54, 1.807) is 0 Å². The fraction of sp³-hybridized carbons (Fsp3) is 0.375. The van der Waals surface area contributed by atoms with Gasteiger partial charge >= 0.3 is 0 Å². The van der Waals surface area contributed by atoms with Crippen LogP contribution in [-0.4, -0.2) is 47.4 Å². The standard InChI is InChI=1S/C24H29ClN4O/c1-18-15-19(2)17-21(16-18)28-13-11-27(12-14-28)10-6-9-22-23(25)24(30)29(26-22)20-7-4-3-5-8-20/h3-5,7-8,15-17,26H,6,9-14H2,1-2H3. The lowest BCUT2D eigenvalue weighted by Crippen LogP contribution is -2.46. The number of anilines is 1. The molecule has 1 aliphatic heterocycles. The van der Waals surface area contributed by atoms with Crippen LogP contribution in [0.4, 0.5) is 5.69 Å². The molecule has 1 N–H and O–H groups in total. The first-order chi connectivity index (χ1) is 14.5. The Labute approximate surface area is 182 Å². The lowest BCUT2D eigenvalue weighted by molar-refractivity contribution is 0.255. The van der Waals surface area contributed by atoms with Gasteiger partial charge in [0, 0.05) is 31.9 Å². The van der Waals surface area contributed by atoms with E-state index in [2.05, 4.69) is 46.9 Å². The molecule has 2 aromatic carbocycles. The molecule has 5 nitrogen and oxygen atoms in total. The van der Waals surface area contributed by atoms with E-state index in [1.165, 1.54) is 21.5 Å². The molecule has 0 aliphatic carbocycles. The predicted molar refractivity (Wildman–Crippen MR) is 124 cm³/mol. The van der Waals surface area contributed by atoms with Crippen molar-refractivity contribution in [3.8, 4) is 5.69 Å². The molecule has 30 heavy (non-hydrogen) atoms. The number of aryl methyl sites for hydroxylation is 3. The van der Waals surface area contributed by atoms with Crippen LogP contribution in [0.2, 0.25) is 5.02 Å². The summed E-state index contributed by atoms with van der Waals surface area (Å²) in [6, 6.07) is 16.3. The summed E-state index contributed by atoms with van der Waals surface area (Å²) in [6.07, 6.45) is 1.74. The Morgan fingerprint density at radius 2 is 1.60 bits per heavy atom. The van der Waals surface area contributed by atoms with E-state index in [4.69, 9.17) is 11.6 Å². The Balaban J connectivity index is 1.30. The molecule has 1 saturated heterocycles. The van der Waals surface area contributed by atoms with Crippen molar-refractivity contribution in [2.24, 2.45) is 0 Å². The van der Waals surface area contributed by atoms with E-state index in [9.17, 15) is 4.79 Å². The van der Waals surface area contributed by atoms with E-state index in [0.29, 0.717) is 5.02 Å². The zero-order valence-corrected chi connectivity index (χ0v) is 18.5. The van der Waals surface area contributed by atoms with Crippen LogP contribution in [0.25, 0.3) is 5.69 Å². The normalized spacial score (nSPS) is 15.0. The molecule has 0 amide bonds. The summed E-state index contributed by atoms with van der Waals surface area (Å²) < 4.78 is 1.53. The fourth-order valence-electron chi connectivity index (χ4n) is 4.23. The van der Waals surface area contributed by atoms with Crippen LogP contribution >= 0.6 is 11.6 Å². The summed E-state index contributed by atoms with van der Waals surface area (Å²) in [4.78, 5) is 17.4. The van der Waals surface area contributed by atoms with Crippen LogP contribution in [-0.2, 0) is 6.42 Å². The molecule has 0 bridgehead atoms. The number of halogens is 1. The smallest absolute Gasteiger partial charge is 0.290 e. The zero-order valence-electron chi connectivity index (χ0n) is 17.7. The summed E-state index contributed by atoms with van der Waals surface area (Å²) >= 11 is 6.31. The van der Waals surface area contributed by atoms with Crippen molar-refractivity contribution in [2.45, 2.75) is 26.7 Å². The average Bonchev–Trinajstić information content (AvgIpc) is 3.03. The van der Waals surface area contributed by atoms with E-state index in [1.807, 2.05) is 30.3 Å². The molecular formula is C24H29ClN4O. The van der Waals surface area contributed by atoms with Crippen molar-refractivity contribution in [1.82, 2.24) is 14.7 Å². The van der Waals surface area contributed by atoms with E-state index in [-0.39, 0.29) is 5.56 Å². The molecule has 158 valence electrons. The first-order valence-electron chi connectivity index (χ1n) is 10.6. The summed E-state index contributed by atoms with van der Waals surface area (Å²) in [5.41, 5.74) is 5.41. The average molecular weight is 425 g/mol. The highest BCUT2D eigenvalue weighted by Gasteiger charge is 2.18. The van der Waals surface area contributed by atoms with Gasteiger partial charge in [-0.25, -0.2) is 4.68 Å². The van der Waals surface area contributed by atoms with Crippen LogP contribution in [0.5, 0.6) is 0 Å². The number of piperazine rings is 1. The van der Waals surface area contributed by atoms with Gasteiger partial charge in [-0.15, -0.1) is 0 Å². The molecule has 1 aromatic heterocycles. The quantitative estimate of drug-likeness (QED) is 0.645. The first-order valence-corrected chi connectivity index (χ1v) is 11.0. The van der Waals surface area contributed by atoms with E-state index in [0.717, 1.165) is 56.9 Å². The molecular weight excluding hydrogens is 396 g/mol. The van der Waals surface area contributed by atoms with Crippen molar-refractivity contribution in [3.05, 3.63) is 80.7 Å². The Hall–Kier alpha value is -2.50. The van der Waals surface area contributed by atoms with Gasteiger partial charge in [0.15, 0.2) is 0 Å². The largest absolute Gasteiger partial charge is 0.369 e. The topological polar surface area (TPSA) is 44.3 Å². The number of H-pyrrole nitrogens is 1. The minimum absolute atomic E-state index is 0.181. The molecule has 0 unspecified atom stereocenters. The van der Waals surface area contributed by atoms with Gasteiger partial charge in [-0.2, -0.15) is 0 Å². The number of rotatable bonds is 6. The third-order valence-electron chi connectivity index (χ3n) is 5.76. The van der Waals surface area contributed by atoms with Crippen molar-refractivity contribution in [2.75, 3.05) is 37.6 Å². The maximum absolute atomic E-state index is 12.5. The number of nitrogens with zero attached hydrogens (tertiary/aromatic N) is 3. The Bertz CT molecular complexity index is 1030. The van der Waals surface area contributed by atoms with Crippen LogP contribution in [0.15, 0.2) is 53.3 Å². The summed E-state index contributed by atoms with van der Waals surface area (Å²) in [7, 11) is 0. The summed E-state index contributed by atoms with van der Waals surface area (Å²) in [5, 5.41) is 3.49. The number of benzene rings is 2. The third-order valence-corrected chi connectivity index (χ3v) is 6.15. The van der Waals surface area contributed by atoms with Gasteiger partial charge < -0.3 is 4.90 Å². The van der Waals surface area contributed by atoms with Crippen LogP contribution in [0.1, 0.15) is 23.2 Å². The van der Waals surface area contributed by atoms with Crippen LogP contribution in [0.3, 0.4) is 0 Å². The molecule has 3 aromatic rings.